The highest BCUT2D eigenvalue weighted by Crippen LogP contribution is 2.66. The van der Waals surface area contributed by atoms with Crippen LogP contribution in [0.3, 0.4) is 0 Å². The third kappa shape index (κ3) is 5.17. The Labute approximate surface area is 274 Å². The molecule has 2 saturated heterocycles. The van der Waals surface area contributed by atoms with E-state index in [4.69, 9.17) is 0 Å². The number of benzene rings is 3. The summed E-state index contributed by atoms with van der Waals surface area (Å²) >= 11 is 1.58. The number of hydrogen-bond donors (Lipinski definition) is 1. The highest BCUT2D eigenvalue weighted by atomic mass is 32.2. The topological polar surface area (TPSA) is 81.2 Å². The Kier molecular flexibility index (Phi) is 8.11. The molecule has 4 aliphatic heterocycles. The van der Waals surface area contributed by atoms with E-state index in [1.165, 1.54) is 0 Å². The second-order valence-electron chi connectivity index (χ2n) is 13.0. The maximum absolute atomic E-state index is 15.0. The second-order valence-corrected chi connectivity index (χ2v) is 14.8. The minimum absolute atomic E-state index is 0.0745. The van der Waals surface area contributed by atoms with Crippen molar-refractivity contribution in [2.24, 2.45) is 11.8 Å². The smallest absolute Gasteiger partial charge is 0.247 e. The Morgan fingerprint density at radius 1 is 0.717 bits per heavy atom. The number of aliphatic hydroxyl groups is 1. The van der Waals surface area contributed by atoms with E-state index in [2.05, 4.69) is 6.08 Å². The summed E-state index contributed by atoms with van der Waals surface area (Å²) < 4.78 is -1.67. The van der Waals surface area contributed by atoms with Crippen molar-refractivity contribution in [2.45, 2.75) is 48.0 Å². The lowest BCUT2D eigenvalue weighted by Crippen LogP contribution is -2.57. The maximum Gasteiger partial charge on any atom is 0.247 e. The number of carbonyl (C=O) groups excluding carboxylic acids is 3. The molecule has 4 heterocycles. The molecule has 1 spiro atoms. The summed E-state index contributed by atoms with van der Waals surface area (Å²) in [6, 6.07) is 28.0. The van der Waals surface area contributed by atoms with Gasteiger partial charge < -0.3 is 19.8 Å². The van der Waals surface area contributed by atoms with Gasteiger partial charge in [0.2, 0.25) is 17.7 Å². The fourth-order valence-electron chi connectivity index (χ4n) is 7.98. The summed E-state index contributed by atoms with van der Waals surface area (Å²) in [4.78, 5) is 49.8. The molecule has 0 bridgehead atoms. The predicted octanol–water partition coefficient (Wildman–Crippen LogP) is 4.47. The lowest BCUT2D eigenvalue weighted by atomic mass is 9.74. The van der Waals surface area contributed by atoms with Gasteiger partial charge in [0.25, 0.3) is 0 Å². The minimum Gasteiger partial charge on any atom is -0.394 e. The Balaban J connectivity index is 1.31. The van der Waals surface area contributed by atoms with E-state index < -0.39 is 33.4 Å². The van der Waals surface area contributed by atoms with Crippen LogP contribution in [0.4, 0.5) is 0 Å². The van der Waals surface area contributed by atoms with Crippen LogP contribution >= 0.6 is 11.8 Å². The summed E-state index contributed by atoms with van der Waals surface area (Å²) in [7, 11) is 0. The van der Waals surface area contributed by atoms with E-state index in [1.807, 2.05) is 121 Å². The van der Waals surface area contributed by atoms with Crippen LogP contribution in [0.2, 0.25) is 0 Å². The zero-order valence-electron chi connectivity index (χ0n) is 25.9. The fraction of sp³-hybridized carbons (Fsp3) is 0.342. The number of hydrogen-bond acceptors (Lipinski definition) is 5. The molecule has 46 heavy (non-hydrogen) atoms. The number of thioether (sulfide) groups is 1. The normalized spacial score (nSPS) is 29.3. The van der Waals surface area contributed by atoms with Crippen molar-refractivity contribution < 1.29 is 19.5 Å². The van der Waals surface area contributed by atoms with Crippen LogP contribution < -0.4 is 0 Å². The van der Waals surface area contributed by atoms with Gasteiger partial charge in [0, 0.05) is 30.9 Å². The highest BCUT2D eigenvalue weighted by molar-refractivity contribution is 8.02. The van der Waals surface area contributed by atoms with Crippen molar-refractivity contribution in [2.75, 3.05) is 19.7 Å². The molecule has 1 unspecified atom stereocenters. The molecular formula is C38H39N3O4S. The van der Waals surface area contributed by atoms with Gasteiger partial charge in [-0.25, -0.2) is 0 Å². The van der Waals surface area contributed by atoms with Crippen LogP contribution in [0, 0.1) is 11.8 Å². The zero-order valence-corrected chi connectivity index (χ0v) is 26.8. The molecular weight excluding hydrogens is 595 g/mol. The van der Waals surface area contributed by atoms with E-state index in [0.29, 0.717) is 32.6 Å². The number of aliphatic hydroxyl groups excluding tert-OH is 1. The molecule has 4 aliphatic rings. The van der Waals surface area contributed by atoms with Crippen LogP contribution in [-0.4, -0.2) is 78.8 Å². The summed E-state index contributed by atoms with van der Waals surface area (Å²) in [5.41, 5.74) is 2.99. The number of amides is 3. The molecule has 8 heteroatoms. The van der Waals surface area contributed by atoms with E-state index in [0.717, 1.165) is 16.7 Å². The number of carbonyl (C=O) groups is 3. The number of likely N-dealkylation sites (tertiary alicyclic amines) is 1. The van der Waals surface area contributed by atoms with Crippen LogP contribution in [0.25, 0.3) is 0 Å². The molecule has 236 valence electrons. The van der Waals surface area contributed by atoms with Crippen LogP contribution in [0.15, 0.2) is 115 Å². The summed E-state index contributed by atoms with van der Waals surface area (Å²) in [6.07, 6.45) is 8.59. The summed E-state index contributed by atoms with van der Waals surface area (Å²) in [5, 5.41) is 10.8. The van der Waals surface area contributed by atoms with Crippen molar-refractivity contribution in [3.05, 3.63) is 132 Å². The highest BCUT2D eigenvalue weighted by Gasteiger charge is 2.74. The van der Waals surface area contributed by atoms with Crippen molar-refractivity contribution in [3.63, 3.8) is 0 Å². The Bertz CT molecular complexity index is 1660. The molecule has 7 rings (SSSR count). The predicted molar refractivity (Wildman–Crippen MR) is 179 cm³/mol. The van der Waals surface area contributed by atoms with Gasteiger partial charge in [-0.3, -0.25) is 14.4 Å². The molecule has 3 amide bonds. The number of nitrogens with zero attached hydrogens (tertiary/aromatic N) is 3. The SMILES string of the molecule is C[C@]12C=CCN(Cc3ccccc3)C(=O)[C@H]1[C@H]1C(=O)N([C@@H](CO)Cc3ccccc3)C3C(=O)N(Cc4ccccc4)CC=C[C@@]31S2. The van der Waals surface area contributed by atoms with Crippen LogP contribution in [0.5, 0.6) is 0 Å². The van der Waals surface area contributed by atoms with Gasteiger partial charge in [-0.05, 0) is 30.0 Å². The van der Waals surface area contributed by atoms with Gasteiger partial charge >= 0.3 is 0 Å². The lowest BCUT2D eigenvalue weighted by molar-refractivity contribution is -0.147. The van der Waals surface area contributed by atoms with Crippen molar-refractivity contribution >= 4 is 29.5 Å². The summed E-state index contributed by atoms with van der Waals surface area (Å²) in [6.45, 7) is 3.44. The fourth-order valence-corrected chi connectivity index (χ4v) is 10.1. The van der Waals surface area contributed by atoms with Gasteiger partial charge in [0.15, 0.2) is 0 Å². The van der Waals surface area contributed by atoms with E-state index in [1.54, 1.807) is 21.6 Å². The second kappa shape index (κ2) is 12.2. The Morgan fingerprint density at radius 2 is 1.24 bits per heavy atom. The van der Waals surface area contributed by atoms with Gasteiger partial charge in [0.05, 0.1) is 29.2 Å². The minimum atomic E-state index is -0.973. The lowest BCUT2D eigenvalue weighted by Gasteiger charge is -2.40. The van der Waals surface area contributed by atoms with Gasteiger partial charge in [-0.15, -0.1) is 11.8 Å². The van der Waals surface area contributed by atoms with Gasteiger partial charge in [0.1, 0.15) is 6.04 Å². The van der Waals surface area contributed by atoms with Crippen molar-refractivity contribution in [1.82, 2.24) is 14.7 Å². The number of rotatable bonds is 8. The average molecular weight is 634 g/mol. The molecule has 0 radical (unpaired) electrons. The van der Waals surface area contributed by atoms with E-state index >= 15 is 0 Å². The van der Waals surface area contributed by atoms with Crippen molar-refractivity contribution in [3.8, 4) is 0 Å². The molecule has 1 N–H and O–H groups in total. The van der Waals surface area contributed by atoms with E-state index in [9.17, 15) is 19.5 Å². The zero-order chi connectivity index (χ0) is 31.9. The quantitative estimate of drug-likeness (QED) is 0.371. The standard InChI is InChI=1S/C38H39N3O4S/c1-37-19-11-21-39(24-28-15-7-3-8-16-28)34(43)31(37)32-35(44)41(30(26-42)23-27-13-5-2-6-14-27)33-36(45)40(22-12-20-38(32,33)46-37)25-29-17-9-4-10-18-29/h2-20,30-33,42H,21-26H2,1H3/t30-,31-,32+,33?,37+,38+/m1/s1. The molecule has 3 aromatic rings. The first-order valence-corrected chi connectivity index (χ1v) is 16.8. The van der Waals surface area contributed by atoms with Gasteiger partial charge in [-0.1, -0.05) is 115 Å². The maximum atomic E-state index is 15.0. The molecule has 3 aromatic carbocycles. The van der Waals surface area contributed by atoms with Crippen LogP contribution in [-0.2, 0) is 33.9 Å². The largest absolute Gasteiger partial charge is 0.394 e. The molecule has 0 aromatic heterocycles. The number of fused-ring (bicyclic) bond motifs is 2. The first-order chi connectivity index (χ1) is 22.3. The molecule has 0 aliphatic carbocycles. The Hall–Kier alpha value is -4.14. The van der Waals surface area contributed by atoms with Gasteiger partial charge in [-0.2, -0.15) is 0 Å². The van der Waals surface area contributed by atoms with E-state index in [-0.39, 0.29) is 24.3 Å². The first kappa shape index (κ1) is 30.5. The monoisotopic (exact) mass is 633 g/mol. The first-order valence-electron chi connectivity index (χ1n) is 16.0. The molecule has 0 saturated carbocycles. The van der Waals surface area contributed by atoms with Crippen molar-refractivity contribution in [1.29, 1.82) is 0 Å². The molecule has 7 nitrogen and oxygen atoms in total. The summed E-state index contributed by atoms with van der Waals surface area (Å²) in [5.74, 6) is -1.89. The van der Waals surface area contributed by atoms with Crippen LogP contribution in [0.1, 0.15) is 23.6 Å². The Morgan fingerprint density at radius 3 is 1.80 bits per heavy atom. The average Bonchev–Trinajstić information content (AvgIpc) is 3.36. The third-order valence-corrected chi connectivity index (χ3v) is 11.8. The molecule has 2 fully saturated rings. The molecule has 6 atom stereocenters. The third-order valence-electron chi connectivity index (χ3n) is 10.0.